The third kappa shape index (κ3) is 2.52. The van der Waals surface area contributed by atoms with E-state index in [4.69, 9.17) is 14.1 Å². The first-order valence-corrected chi connectivity index (χ1v) is 5.85. The first kappa shape index (κ1) is 12.6. The second-order valence-corrected chi connectivity index (χ2v) is 3.55. The van der Waals surface area contributed by atoms with Gasteiger partial charge < -0.3 is 4.42 Å². The maximum absolute atomic E-state index is 11.9. The van der Waals surface area contributed by atoms with Crippen LogP contribution in [-0.2, 0) is 9.68 Å². The van der Waals surface area contributed by atoms with Crippen LogP contribution in [0.4, 0.5) is 5.69 Å². The van der Waals surface area contributed by atoms with Crippen molar-refractivity contribution in [2.75, 3.05) is 18.4 Å². The van der Waals surface area contributed by atoms with Gasteiger partial charge >= 0.3 is 5.63 Å². The number of para-hydroxylation sites is 1. The highest BCUT2D eigenvalue weighted by Crippen LogP contribution is 2.18. The molecule has 0 atom stereocenters. The lowest BCUT2D eigenvalue weighted by molar-refractivity contribution is -0.0826. The van der Waals surface area contributed by atoms with E-state index in [1.165, 1.54) is 0 Å². The molecular formula is C13H15NO4. The van der Waals surface area contributed by atoms with Crippen LogP contribution in [-0.4, -0.2) is 13.2 Å². The second-order valence-electron chi connectivity index (χ2n) is 3.55. The van der Waals surface area contributed by atoms with Crippen LogP contribution in [0.25, 0.3) is 11.0 Å². The Morgan fingerprint density at radius 1 is 1.17 bits per heavy atom. The molecule has 0 spiro atoms. The van der Waals surface area contributed by atoms with Crippen molar-refractivity contribution in [3.8, 4) is 0 Å². The average Bonchev–Trinajstić information content (AvgIpc) is 2.38. The maximum Gasteiger partial charge on any atom is 0.365 e. The molecule has 0 aliphatic carbocycles. The van der Waals surface area contributed by atoms with E-state index in [1.54, 1.807) is 12.1 Å². The highest BCUT2D eigenvalue weighted by atomic mass is 16.9. The summed E-state index contributed by atoms with van der Waals surface area (Å²) >= 11 is 0. The van der Waals surface area contributed by atoms with Crippen LogP contribution < -0.4 is 10.9 Å². The Morgan fingerprint density at radius 3 is 2.50 bits per heavy atom. The Morgan fingerprint density at radius 2 is 1.83 bits per heavy atom. The first-order chi connectivity index (χ1) is 8.76. The Kier molecular flexibility index (Phi) is 3.96. The predicted molar refractivity (Wildman–Crippen MR) is 68.2 cm³/mol. The molecule has 5 heteroatoms. The Balaban J connectivity index is 2.48. The fourth-order valence-electron chi connectivity index (χ4n) is 1.59. The summed E-state index contributed by atoms with van der Waals surface area (Å²) in [5, 5.41) is 1.93. The summed E-state index contributed by atoms with van der Waals surface area (Å²) in [7, 11) is 0. The van der Waals surface area contributed by atoms with E-state index < -0.39 is 5.63 Å². The highest BCUT2D eigenvalue weighted by Gasteiger charge is 2.14. The van der Waals surface area contributed by atoms with Crippen LogP contribution in [0.5, 0.6) is 0 Å². The van der Waals surface area contributed by atoms with E-state index in [9.17, 15) is 4.79 Å². The molecule has 1 aromatic carbocycles. The van der Waals surface area contributed by atoms with Gasteiger partial charge in [0.1, 0.15) is 5.58 Å². The molecule has 0 aliphatic heterocycles. The van der Waals surface area contributed by atoms with E-state index in [2.05, 4.69) is 0 Å². The number of anilines is 1. The number of fused-ring (bicyclic) bond motifs is 1. The third-order valence-electron chi connectivity index (χ3n) is 2.31. The number of hydrogen-bond donors (Lipinski definition) is 0. The quantitative estimate of drug-likeness (QED) is 0.602. The van der Waals surface area contributed by atoms with Gasteiger partial charge in [-0.25, -0.2) is 14.5 Å². The van der Waals surface area contributed by atoms with E-state index in [-0.39, 0.29) is 5.69 Å². The molecule has 5 nitrogen and oxygen atoms in total. The second kappa shape index (κ2) is 5.66. The average molecular weight is 249 g/mol. The van der Waals surface area contributed by atoms with Crippen molar-refractivity contribution in [1.82, 2.24) is 0 Å². The molecule has 1 aromatic heterocycles. The van der Waals surface area contributed by atoms with Crippen molar-refractivity contribution >= 4 is 16.7 Å². The summed E-state index contributed by atoms with van der Waals surface area (Å²) in [4.78, 5) is 22.4. The molecule has 18 heavy (non-hydrogen) atoms. The lowest BCUT2D eigenvalue weighted by atomic mass is 10.2. The monoisotopic (exact) mass is 249 g/mol. The van der Waals surface area contributed by atoms with Gasteiger partial charge in [0.15, 0.2) is 5.69 Å². The SMILES string of the molecule is CCON(OCC)c1cc2ccccc2oc1=O. The maximum atomic E-state index is 11.9. The summed E-state index contributed by atoms with van der Waals surface area (Å²) in [6.45, 7) is 4.42. The zero-order valence-corrected chi connectivity index (χ0v) is 10.4. The van der Waals surface area contributed by atoms with Gasteiger partial charge in [0.05, 0.1) is 13.2 Å². The van der Waals surface area contributed by atoms with Crippen LogP contribution in [0.2, 0.25) is 0 Å². The van der Waals surface area contributed by atoms with Crippen molar-refractivity contribution in [3.05, 3.63) is 40.8 Å². The molecular weight excluding hydrogens is 234 g/mol. The number of hydrogen-bond acceptors (Lipinski definition) is 5. The van der Waals surface area contributed by atoms with Crippen molar-refractivity contribution in [2.24, 2.45) is 0 Å². The van der Waals surface area contributed by atoms with Gasteiger partial charge in [-0.05, 0) is 26.0 Å². The normalized spacial score (nSPS) is 10.8. The number of rotatable bonds is 5. The zero-order valence-electron chi connectivity index (χ0n) is 10.4. The van der Waals surface area contributed by atoms with Gasteiger partial charge in [-0.1, -0.05) is 18.2 Å². The molecule has 0 unspecified atom stereocenters. The van der Waals surface area contributed by atoms with E-state index in [0.717, 1.165) is 10.6 Å². The minimum absolute atomic E-state index is 0.234. The number of benzene rings is 1. The Labute approximate surface area is 104 Å². The largest absolute Gasteiger partial charge is 0.421 e. The summed E-state index contributed by atoms with van der Waals surface area (Å²) in [5.41, 5.74) is 0.284. The molecule has 0 aliphatic rings. The topological polar surface area (TPSA) is 51.9 Å². The standard InChI is InChI=1S/C13H15NO4/c1-3-16-14(17-4-2)11-9-10-7-5-6-8-12(10)18-13(11)15/h5-9H,3-4H2,1-2H3. The minimum atomic E-state index is -0.490. The molecule has 2 rings (SSSR count). The molecule has 1 heterocycles. The van der Waals surface area contributed by atoms with Crippen molar-refractivity contribution in [2.45, 2.75) is 13.8 Å². The van der Waals surface area contributed by atoms with Gasteiger partial charge in [-0.3, -0.25) is 0 Å². The molecule has 0 bridgehead atoms. The predicted octanol–water partition coefficient (Wildman–Crippen LogP) is 2.50. The zero-order chi connectivity index (χ0) is 13.0. The Hall–Kier alpha value is -1.85. The van der Waals surface area contributed by atoms with Crippen LogP contribution in [0.15, 0.2) is 39.5 Å². The van der Waals surface area contributed by atoms with Gasteiger partial charge in [-0.15, -0.1) is 5.23 Å². The lowest BCUT2D eigenvalue weighted by Gasteiger charge is -2.19. The summed E-state index contributed by atoms with van der Waals surface area (Å²) in [6.07, 6.45) is 0. The molecule has 0 saturated carbocycles. The van der Waals surface area contributed by atoms with Gasteiger partial charge in [0, 0.05) is 5.39 Å². The summed E-state index contributed by atoms with van der Waals surface area (Å²) in [5.74, 6) is 0. The number of nitrogens with zero attached hydrogens (tertiary/aromatic N) is 1. The smallest absolute Gasteiger partial charge is 0.365 e. The summed E-state index contributed by atoms with van der Waals surface area (Å²) < 4.78 is 5.21. The molecule has 0 radical (unpaired) electrons. The Bertz CT molecular complexity index is 572. The van der Waals surface area contributed by atoms with Crippen LogP contribution in [0.3, 0.4) is 0 Å². The van der Waals surface area contributed by atoms with E-state index in [1.807, 2.05) is 32.0 Å². The highest BCUT2D eigenvalue weighted by molar-refractivity contribution is 5.79. The van der Waals surface area contributed by atoms with E-state index in [0.29, 0.717) is 18.8 Å². The molecule has 0 amide bonds. The first-order valence-electron chi connectivity index (χ1n) is 5.85. The van der Waals surface area contributed by atoms with Crippen LogP contribution in [0, 0.1) is 0 Å². The molecule has 0 N–H and O–H groups in total. The molecule has 2 aromatic rings. The van der Waals surface area contributed by atoms with Gasteiger partial charge in [-0.2, -0.15) is 0 Å². The van der Waals surface area contributed by atoms with Crippen LogP contribution >= 0.6 is 0 Å². The van der Waals surface area contributed by atoms with Gasteiger partial charge in [0.2, 0.25) is 0 Å². The molecule has 0 saturated heterocycles. The molecule has 96 valence electrons. The fraction of sp³-hybridized carbons (Fsp3) is 0.308. The fourth-order valence-corrected chi connectivity index (χ4v) is 1.59. The summed E-state index contributed by atoms with van der Waals surface area (Å²) in [6, 6.07) is 8.97. The van der Waals surface area contributed by atoms with Crippen molar-refractivity contribution in [3.63, 3.8) is 0 Å². The lowest BCUT2D eigenvalue weighted by Crippen LogP contribution is -2.28. The van der Waals surface area contributed by atoms with Crippen molar-refractivity contribution in [1.29, 1.82) is 0 Å². The van der Waals surface area contributed by atoms with Crippen molar-refractivity contribution < 1.29 is 14.1 Å². The third-order valence-corrected chi connectivity index (χ3v) is 2.31. The molecule has 0 fully saturated rings. The van der Waals surface area contributed by atoms with Crippen LogP contribution in [0.1, 0.15) is 13.8 Å². The van der Waals surface area contributed by atoms with Gasteiger partial charge in [0.25, 0.3) is 0 Å². The minimum Gasteiger partial charge on any atom is -0.421 e. The van der Waals surface area contributed by atoms with E-state index >= 15 is 0 Å².